The molecule has 0 radical (unpaired) electrons. The largest absolute Gasteiger partial charge is 0.289 e. The Bertz CT molecular complexity index is 520. The maximum absolute atomic E-state index is 11.5. The van der Waals surface area contributed by atoms with Crippen molar-refractivity contribution in [3.63, 3.8) is 0 Å². The lowest BCUT2D eigenvalue weighted by Gasteiger charge is -2.02. The van der Waals surface area contributed by atoms with Crippen molar-refractivity contribution < 1.29 is 13.2 Å². The van der Waals surface area contributed by atoms with Crippen molar-refractivity contribution in [2.75, 3.05) is 6.26 Å². The summed E-state index contributed by atoms with van der Waals surface area (Å²) in [5.41, 5.74) is 2.61. The summed E-state index contributed by atoms with van der Waals surface area (Å²) in [5.74, 6) is 4.51. The fourth-order valence-electron chi connectivity index (χ4n) is 1.28. The van der Waals surface area contributed by atoms with Gasteiger partial charge in [0.05, 0.1) is 5.69 Å². The summed E-state index contributed by atoms with van der Waals surface area (Å²) in [6.45, 7) is 3.76. The lowest BCUT2D eigenvalue weighted by Crippen LogP contribution is -2.30. The molecule has 1 heterocycles. The molecule has 8 heteroatoms. The van der Waals surface area contributed by atoms with Crippen molar-refractivity contribution in [2.24, 2.45) is 5.84 Å². The van der Waals surface area contributed by atoms with Crippen LogP contribution in [-0.2, 0) is 15.6 Å². The molecule has 0 aliphatic carbocycles. The van der Waals surface area contributed by atoms with Gasteiger partial charge in [-0.25, -0.2) is 19.2 Å². The predicted molar refractivity (Wildman–Crippen MR) is 66.4 cm³/mol. The fraction of sp³-hybridized carbons (Fsp3) is 0.556. The zero-order valence-electron chi connectivity index (χ0n) is 9.85. The SMILES string of the molecule is CC(C)c1nc(CS(C)(=O)=O)sc1C(=O)NN. The van der Waals surface area contributed by atoms with Gasteiger partial charge in [0.2, 0.25) is 0 Å². The second kappa shape index (κ2) is 5.11. The van der Waals surface area contributed by atoms with E-state index in [-0.39, 0.29) is 11.7 Å². The highest BCUT2D eigenvalue weighted by atomic mass is 32.2. The molecule has 0 aliphatic heterocycles. The number of nitrogen functional groups attached to an aromatic ring is 1. The van der Waals surface area contributed by atoms with Crippen LogP contribution in [0.4, 0.5) is 0 Å². The quantitative estimate of drug-likeness (QED) is 0.471. The predicted octanol–water partition coefficient (Wildman–Crippen LogP) is 0.415. The minimum atomic E-state index is -3.15. The highest BCUT2D eigenvalue weighted by molar-refractivity contribution is 7.90. The van der Waals surface area contributed by atoms with E-state index in [9.17, 15) is 13.2 Å². The molecule has 0 aromatic carbocycles. The molecule has 0 saturated carbocycles. The number of aromatic nitrogens is 1. The van der Waals surface area contributed by atoms with Crippen molar-refractivity contribution >= 4 is 27.1 Å². The van der Waals surface area contributed by atoms with Crippen LogP contribution in [0.5, 0.6) is 0 Å². The first kappa shape index (κ1) is 14.1. The zero-order chi connectivity index (χ0) is 13.2. The number of nitrogens with two attached hydrogens (primary N) is 1. The lowest BCUT2D eigenvalue weighted by molar-refractivity contribution is 0.0956. The van der Waals surface area contributed by atoms with Crippen LogP contribution >= 0.6 is 11.3 Å². The lowest BCUT2D eigenvalue weighted by atomic mass is 10.1. The van der Waals surface area contributed by atoms with E-state index in [0.717, 1.165) is 17.6 Å². The third kappa shape index (κ3) is 3.76. The van der Waals surface area contributed by atoms with Gasteiger partial charge in [-0.05, 0) is 5.92 Å². The number of sulfone groups is 1. The zero-order valence-corrected chi connectivity index (χ0v) is 11.5. The third-order valence-corrected chi connectivity index (χ3v) is 4.02. The molecule has 0 bridgehead atoms. The molecule has 0 fully saturated rings. The van der Waals surface area contributed by atoms with E-state index in [1.165, 1.54) is 0 Å². The average molecular weight is 277 g/mol. The van der Waals surface area contributed by atoms with Gasteiger partial charge in [0, 0.05) is 6.26 Å². The molecule has 1 aromatic heterocycles. The van der Waals surface area contributed by atoms with Crippen molar-refractivity contribution in [2.45, 2.75) is 25.5 Å². The maximum Gasteiger partial charge on any atom is 0.277 e. The van der Waals surface area contributed by atoms with Crippen LogP contribution in [0, 0.1) is 0 Å². The van der Waals surface area contributed by atoms with Crippen LogP contribution in [-0.4, -0.2) is 25.6 Å². The molecule has 17 heavy (non-hydrogen) atoms. The number of thiazole rings is 1. The Morgan fingerprint density at radius 2 is 2.12 bits per heavy atom. The highest BCUT2D eigenvalue weighted by Crippen LogP contribution is 2.26. The number of nitrogens with one attached hydrogen (secondary N) is 1. The smallest absolute Gasteiger partial charge is 0.277 e. The summed E-state index contributed by atoms with van der Waals surface area (Å²) in [6.07, 6.45) is 1.13. The Hall–Kier alpha value is -0.990. The van der Waals surface area contributed by atoms with Gasteiger partial charge in [-0.15, -0.1) is 11.3 Å². The van der Waals surface area contributed by atoms with Crippen LogP contribution in [0.15, 0.2) is 0 Å². The number of hydrogen-bond acceptors (Lipinski definition) is 6. The van der Waals surface area contributed by atoms with Crippen LogP contribution in [0.1, 0.15) is 40.1 Å². The first-order valence-electron chi connectivity index (χ1n) is 4.93. The van der Waals surface area contributed by atoms with Gasteiger partial charge in [-0.2, -0.15) is 0 Å². The van der Waals surface area contributed by atoms with Crippen LogP contribution in [0.3, 0.4) is 0 Å². The maximum atomic E-state index is 11.5. The molecule has 0 spiro atoms. The number of carbonyl (C=O) groups is 1. The van der Waals surface area contributed by atoms with E-state index in [0.29, 0.717) is 15.6 Å². The molecule has 0 unspecified atom stereocenters. The summed E-state index contributed by atoms with van der Waals surface area (Å²) in [6, 6.07) is 0. The standard InChI is InChI=1S/C9H15N3O3S2/c1-5(2)7-8(9(13)12-10)16-6(11-7)4-17(3,14)15/h5H,4,10H2,1-3H3,(H,12,13). The Kier molecular flexibility index (Phi) is 4.23. The molecule has 6 nitrogen and oxygen atoms in total. The van der Waals surface area contributed by atoms with Gasteiger partial charge in [-0.3, -0.25) is 10.2 Å². The molecule has 1 amide bonds. The van der Waals surface area contributed by atoms with Gasteiger partial charge in [0.25, 0.3) is 5.91 Å². The third-order valence-electron chi connectivity index (χ3n) is 1.97. The fourth-order valence-corrected chi connectivity index (χ4v) is 3.59. The summed E-state index contributed by atoms with van der Waals surface area (Å²) >= 11 is 1.07. The summed E-state index contributed by atoms with van der Waals surface area (Å²) < 4.78 is 22.3. The van der Waals surface area contributed by atoms with Crippen molar-refractivity contribution in [3.8, 4) is 0 Å². The van der Waals surface area contributed by atoms with Gasteiger partial charge >= 0.3 is 0 Å². The minimum Gasteiger partial charge on any atom is -0.289 e. The van der Waals surface area contributed by atoms with E-state index in [1.54, 1.807) is 0 Å². The molecular formula is C9H15N3O3S2. The summed E-state index contributed by atoms with van der Waals surface area (Å²) in [7, 11) is -3.15. The van der Waals surface area contributed by atoms with Crippen LogP contribution < -0.4 is 11.3 Å². The van der Waals surface area contributed by atoms with Gasteiger partial charge in [0.15, 0.2) is 9.84 Å². The number of carbonyl (C=O) groups excluding carboxylic acids is 1. The summed E-state index contributed by atoms with van der Waals surface area (Å²) in [4.78, 5) is 16.1. The monoisotopic (exact) mass is 277 g/mol. The molecule has 1 aromatic rings. The number of rotatable bonds is 4. The first-order valence-corrected chi connectivity index (χ1v) is 7.80. The Morgan fingerprint density at radius 3 is 2.53 bits per heavy atom. The molecule has 1 rings (SSSR count). The Labute approximate surface area is 104 Å². The topological polar surface area (TPSA) is 102 Å². The molecular weight excluding hydrogens is 262 g/mol. The Balaban J connectivity index is 3.17. The number of hydrogen-bond donors (Lipinski definition) is 2. The second-order valence-electron chi connectivity index (χ2n) is 4.02. The minimum absolute atomic E-state index is 0.0341. The van der Waals surface area contributed by atoms with E-state index in [1.807, 2.05) is 19.3 Å². The summed E-state index contributed by atoms with van der Waals surface area (Å²) in [5, 5.41) is 0.412. The normalized spacial score (nSPS) is 11.8. The molecule has 3 N–H and O–H groups in total. The average Bonchev–Trinajstić information content (AvgIpc) is 2.57. The van der Waals surface area contributed by atoms with E-state index < -0.39 is 15.7 Å². The van der Waals surface area contributed by atoms with E-state index in [2.05, 4.69) is 4.98 Å². The highest BCUT2D eigenvalue weighted by Gasteiger charge is 2.21. The van der Waals surface area contributed by atoms with Crippen LogP contribution in [0.2, 0.25) is 0 Å². The van der Waals surface area contributed by atoms with Gasteiger partial charge in [-0.1, -0.05) is 13.8 Å². The number of nitrogens with zero attached hydrogens (tertiary/aromatic N) is 1. The van der Waals surface area contributed by atoms with E-state index in [4.69, 9.17) is 5.84 Å². The van der Waals surface area contributed by atoms with Crippen molar-refractivity contribution in [1.29, 1.82) is 0 Å². The van der Waals surface area contributed by atoms with Crippen LogP contribution in [0.25, 0.3) is 0 Å². The molecule has 0 saturated heterocycles. The van der Waals surface area contributed by atoms with Gasteiger partial charge < -0.3 is 0 Å². The second-order valence-corrected chi connectivity index (χ2v) is 7.24. The van der Waals surface area contributed by atoms with Crippen molar-refractivity contribution in [1.82, 2.24) is 10.4 Å². The molecule has 96 valence electrons. The van der Waals surface area contributed by atoms with Gasteiger partial charge in [0.1, 0.15) is 15.6 Å². The molecule has 0 aliphatic rings. The Morgan fingerprint density at radius 1 is 1.53 bits per heavy atom. The van der Waals surface area contributed by atoms with E-state index >= 15 is 0 Å². The van der Waals surface area contributed by atoms with Crippen molar-refractivity contribution in [3.05, 3.63) is 15.6 Å². The first-order chi connectivity index (χ1) is 7.74. The molecule has 0 atom stereocenters. The number of amides is 1. The number of hydrazine groups is 1.